The quantitative estimate of drug-likeness (QED) is 0.502. The van der Waals surface area contributed by atoms with Crippen LogP contribution in [-0.2, 0) is 4.57 Å². The van der Waals surface area contributed by atoms with E-state index in [9.17, 15) is 4.57 Å². The van der Waals surface area contributed by atoms with Gasteiger partial charge in [0.05, 0.1) is 0 Å². The van der Waals surface area contributed by atoms with Gasteiger partial charge in [0, 0.05) is 5.75 Å². The number of hydrogen-bond donors (Lipinski definition) is 1. The summed E-state index contributed by atoms with van der Waals surface area (Å²) in [5, 5.41) is 0. The maximum absolute atomic E-state index is 9.85. The minimum atomic E-state index is -1.98. The molecule has 0 aromatic rings. The molecular formula is C2H6O2PS2+. The zero-order valence-electron chi connectivity index (χ0n) is 3.83. The average Bonchev–Trinajstić information content (AvgIpc) is 1.61. The lowest BCUT2D eigenvalue weighted by Crippen LogP contribution is -1.51. The Hall–Kier alpha value is 0.760. The molecule has 0 amide bonds. The fourth-order valence-corrected chi connectivity index (χ4v) is 2.64. The largest absolute Gasteiger partial charge is 0.594 e. The summed E-state index contributed by atoms with van der Waals surface area (Å²) in [5.41, 5.74) is 0. The smallest absolute Gasteiger partial charge is 0.150 e. The van der Waals surface area contributed by atoms with E-state index in [4.69, 9.17) is 4.89 Å². The Labute approximate surface area is 51.1 Å². The van der Waals surface area contributed by atoms with Crippen molar-refractivity contribution in [2.24, 2.45) is 0 Å². The van der Waals surface area contributed by atoms with Crippen LogP contribution in [0.2, 0.25) is 0 Å². The van der Waals surface area contributed by atoms with Crippen molar-refractivity contribution in [2.75, 3.05) is 5.75 Å². The SMILES string of the molecule is CCSS[P+](=O)O. The maximum Gasteiger partial charge on any atom is 0.594 e. The van der Waals surface area contributed by atoms with Gasteiger partial charge in [0.1, 0.15) is 0 Å². The molecule has 0 heterocycles. The third-order valence-corrected chi connectivity index (χ3v) is 4.21. The summed E-state index contributed by atoms with van der Waals surface area (Å²) in [5.74, 6) is 0.881. The Bertz CT molecular complexity index is 66.7. The Morgan fingerprint density at radius 3 is 2.57 bits per heavy atom. The summed E-state index contributed by atoms with van der Waals surface area (Å²) in [6.07, 6.45) is 0. The van der Waals surface area contributed by atoms with Gasteiger partial charge in [-0.05, 0) is 15.4 Å². The van der Waals surface area contributed by atoms with Gasteiger partial charge in [-0.15, -0.1) is 4.89 Å². The van der Waals surface area contributed by atoms with Crippen molar-refractivity contribution in [1.29, 1.82) is 0 Å². The van der Waals surface area contributed by atoms with Gasteiger partial charge < -0.3 is 0 Å². The van der Waals surface area contributed by atoms with Crippen molar-refractivity contribution in [1.82, 2.24) is 0 Å². The van der Waals surface area contributed by atoms with Crippen LogP contribution < -0.4 is 0 Å². The molecule has 0 aliphatic carbocycles. The van der Waals surface area contributed by atoms with Gasteiger partial charge in [0.25, 0.3) is 0 Å². The van der Waals surface area contributed by atoms with Crippen molar-refractivity contribution >= 4 is 28.4 Å². The molecular weight excluding hydrogens is 151 g/mol. The lowest BCUT2D eigenvalue weighted by atomic mass is 11.0. The van der Waals surface area contributed by atoms with Gasteiger partial charge >= 0.3 is 7.23 Å². The third-order valence-electron chi connectivity index (χ3n) is 0.234. The van der Waals surface area contributed by atoms with Crippen LogP contribution in [-0.4, -0.2) is 10.6 Å². The predicted octanol–water partition coefficient (Wildman–Crippen LogP) is 2.04. The normalized spacial score (nSPS) is 11.4. The lowest BCUT2D eigenvalue weighted by molar-refractivity contribution is 0.520. The molecule has 5 heteroatoms. The molecule has 0 aromatic carbocycles. The minimum absolute atomic E-state index is 0.881. The van der Waals surface area contributed by atoms with Crippen molar-refractivity contribution in [3.63, 3.8) is 0 Å². The zero-order valence-corrected chi connectivity index (χ0v) is 6.35. The molecule has 1 N–H and O–H groups in total. The summed E-state index contributed by atoms with van der Waals surface area (Å²) in [4.78, 5) is 8.13. The molecule has 0 radical (unpaired) electrons. The molecule has 0 rings (SSSR count). The topological polar surface area (TPSA) is 37.3 Å². The second-order valence-electron chi connectivity index (χ2n) is 0.719. The highest BCUT2D eigenvalue weighted by molar-refractivity contribution is 8.96. The molecule has 1 unspecified atom stereocenters. The first-order chi connectivity index (χ1) is 3.27. The monoisotopic (exact) mass is 157 g/mol. The lowest BCUT2D eigenvalue weighted by Gasteiger charge is -1.73. The first-order valence-electron chi connectivity index (χ1n) is 1.73. The summed E-state index contributed by atoms with van der Waals surface area (Å²) in [6, 6.07) is 0. The minimum Gasteiger partial charge on any atom is -0.150 e. The Morgan fingerprint density at radius 2 is 2.43 bits per heavy atom. The fraction of sp³-hybridized carbons (Fsp3) is 1.00. The van der Waals surface area contributed by atoms with Crippen LogP contribution in [0, 0.1) is 0 Å². The molecule has 0 spiro atoms. The van der Waals surface area contributed by atoms with Crippen LogP contribution >= 0.6 is 28.4 Å². The van der Waals surface area contributed by atoms with Crippen molar-refractivity contribution in [3.05, 3.63) is 0 Å². The summed E-state index contributed by atoms with van der Waals surface area (Å²) >= 11 is 0. The molecule has 0 saturated carbocycles. The van der Waals surface area contributed by atoms with Gasteiger partial charge in [-0.2, -0.15) is 0 Å². The van der Waals surface area contributed by atoms with E-state index < -0.39 is 7.23 Å². The summed E-state index contributed by atoms with van der Waals surface area (Å²) in [7, 11) is 0.435. The van der Waals surface area contributed by atoms with Crippen LogP contribution in [0.5, 0.6) is 0 Å². The van der Waals surface area contributed by atoms with Gasteiger partial charge in [-0.1, -0.05) is 6.92 Å². The van der Waals surface area contributed by atoms with E-state index in [1.54, 1.807) is 0 Å². The average molecular weight is 157 g/mol. The highest BCUT2D eigenvalue weighted by Gasteiger charge is 2.10. The fourth-order valence-electron chi connectivity index (χ4n) is 0.0978. The third kappa shape index (κ3) is 6.76. The van der Waals surface area contributed by atoms with E-state index in [1.165, 1.54) is 10.8 Å². The van der Waals surface area contributed by atoms with E-state index in [0.29, 0.717) is 0 Å². The van der Waals surface area contributed by atoms with Gasteiger partial charge in [-0.3, -0.25) is 0 Å². The van der Waals surface area contributed by atoms with Crippen LogP contribution in [0.1, 0.15) is 6.92 Å². The molecule has 0 fully saturated rings. The first kappa shape index (κ1) is 7.76. The summed E-state index contributed by atoms with van der Waals surface area (Å²) in [6.45, 7) is 1.94. The van der Waals surface area contributed by atoms with E-state index in [0.717, 1.165) is 16.2 Å². The first-order valence-corrected chi connectivity index (χ1v) is 5.86. The van der Waals surface area contributed by atoms with Crippen LogP contribution in [0.25, 0.3) is 0 Å². The Kier molecular flexibility index (Phi) is 5.44. The molecule has 0 aromatic heterocycles. The second kappa shape index (κ2) is 4.91. The van der Waals surface area contributed by atoms with Crippen LogP contribution in [0.4, 0.5) is 0 Å². The predicted molar refractivity (Wildman–Crippen MR) is 35.5 cm³/mol. The van der Waals surface area contributed by atoms with Gasteiger partial charge in [-0.25, -0.2) is 0 Å². The van der Waals surface area contributed by atoms with Crippen molar-refractivity contribution < 1.29 is 9.46 Å². The van der Waals surface area contributed by atoms with Crippen LogP contribution in [0.3, 0.4) is 0 Å². The van der Waals surface area contributed by atoms with Crippen molar-refractivity contribution in [3.8, 4) is 0 Å². The molecule has 1 atom stereocenters. The van der Waals surface area contributed by atoms with E-state index in [1.807, 2.05) is 6.92 Å². The zero-order chi connectivity index (χ0) is 5.70. The Balaban J connectivity index is 2.82. The number of rotatable bonds is 3. The van der Waals surface area contributed by atoms with Gasteiger partial charge in [0.15, 0.2) is 0 Å². The van der Waals surface area contributed by atoms with E-state index >= 15 is 0 Å². The standard InChI is InChI=1S/C2H5O2PS2/c1-2-6-7-5(3)4/h2H2,1H3/p+1. The molecule has 7 heavy (non-hydrogen) atoms. The highest BCUT2D eigenvalue weighted by Crippen LogP contribution is 2.42. The maximum atomic E-state index is 9.85. The molecule has 0 aliphatic rings. The van der Waals surface area contributed by atoms with Crippen LogP contribution in [0.15, 0.2) is 0 Å². The summed E-state index contributed by atoms with van der Waals surface area (Å²) < 4.78 is 9.85. The second-order valence-corrected chi connectivity index (χ2v) is 5.59. The molecule has 42 valence electrons. The molecule has 0 bridgehead atoms. The molecule has 0 aliphatic heterocycles. The van der Waals surface area contributed by atoms with E-state index in [-0.39, 0.29) is 0 Å². The van der Waals surface area contributed by atoms with Crippen molar-refractivity contribution in [2.45, 2.75) is 6.92 Å². The highest BCUT2D eigenvalue weighted by atomic mass is 33.3. The number of hydrogen-bond acceptors (Lipinski definition) is 3. The molecule has 0 saturated heterocycles. The molecule has 2 nitrogen and oxygen atoms in total. The van der Waals surface area contributed by atoms with E-state index in [2.05, 4.69) is 0 Å². The Morgan fingerprint density at radius 1 is 1.86 bits per heavy atom. The van der Waals surface area contributed by atoms with Gasteiger partial charge in [0.2, 0.25) is 10.4 Å².